The van der Waals surface area contributed by atoms with Crippen LogP contribution < -0.4 is 15.4 Å². The lowest BCUT2D eigenvalue weighted by atomic mass is 10.1. The van der Waals surface area contributed by atoms with Gasteiger partial charge in [0, 0.05) is 20.0 Å². The topological polar surface area (TPSA) is 100 Å². The Morgan fingerprint density at radius 1 is 1.39 bits per heavy atom. The van der Waals surface area contributed by atoms with Crippen molar-refractivity contribution in [2.24, 2.45) is 4.99 Å². The maximum absolute atomic E-state index is 13.9. The molecule has 0 radical (unpaired) electrons. The molecule has 1 aromatic carbocycles. The number of furan rings is 1. The molecule has 1 unspecified atom stereocenters. The third-order valence-corrected chi connectivity index (χ3v) is 4.18. The number of nitrogens with zero attached hydrogens (tertiary/aromatic N) is 3. The van der Waals surface area contributed by atoms with Crippen molar-refractivity contribution >= 4 is 5.96 Å². The zero-order valence-electron chi connectivity index (χ0n) is 16.0. The van der Waals surface area contributed by atoms with Crippen molar-refractivity contribution in [2.75, 3.05) is 20.7 Å². The number of halogens is 1. The Balaban J connectivity index is 1.51. The number of rotatable bonds is 7. The summed E-state index contributed by atoms with van der Waals surface area (Å²) in [5.74, 6) is 2.31. The molecular weight excluding hydrogens is 363 g/mol. The zero-order chi connectivity index (χ0) is 19.9. The van der Waals surface area contributed by atoms with Gasteiger partial charge in [-0.15, -0.1) is 0 Å². The van der Waals surface area contributed by atoms with Gasteiger partial charge in [0.1, 0.15) is 5.82 Å². The maximum atomic E-state index is 13.9. The van der Waals surface area contributed by atoms with Gasteiger partial charge >= 0.3 is 0 Å². The number of aromatic amines is 1. The molecule has 3 aromatic rings. The molecule has 0 fully saturated rings. The first-order valence-electron chi connectivity index (χ1n) is 8.86. The molecule has 0 aliphatic rings. The van der Waals surface area contributed by atoms with Crippen LogP contribution in [0.2, 0.25) is 0 Å². The van der Waals surface area contributed by atoms with E-state index in [0.29, 0.717) is 30.5 Å². The first-order valence-corrected chi connectivity index (χ1v) is 8.86. The number of ether oxygens (including phenoxy) is 1. The van der Waals surface area contributed by atoms with E-state index in [9.17, 15) is 4.39 Å². The highest BCUT2D eigenvalue weighted by Gasteiger charge is 2.12. The molecule has 9 heteroatoms. The van der Waals surface area contributed by atoms with Gasteiger partial charge in [0.2, 0.25) is 5.82 Å². The van der Waals surface area contributed by atoms with Crippen LogP contribution >= 0.6 is 0 Å². The molecule has 8 nitrogen and oxygen atoms in total. The molecule has 0 aliphatic carbocycles. The normalized spacial score (nSPS) is 12.6. The van der Waals surface area contributed by atoms with Crippen molar-refractivity contribution in [1.29, 1.82) is 0 Å². The van der Waals surface area contributed by atoms with Crippen LogP contribution in [0.3, 0.4) is 0 Å². The summed E-state index contributed by atoms with van der Waals surface area (Å²) in [6.07, 6.45) is 2.21. The number of nitrogens with one attached hydrogen (secondary N) is 3. The summed E-state index contributed by atoms with van der Waals surface area (Å²) in [6, 6.07) is 8.34. The lowest BCUT2D eigenvalue weighted by molar-refractivity contribution is 0.386. The number of benzene rings is 1. The van der Waals surface area contributed by atoms with Gasteiger partial charge in [0.05, 0.1) is 19.4 Å². The minimum absolute atomic E-state index is 0.137. The predicted octanol–water partition coefficient (Wildman–Crippen LogP) is 2.68. The molecular formula is C19H23FN6O2. The third kappa shape index (κ3) is 4.67. The maximum Gasteiger partial charge on any atom is 0.216 e. The highest BCUT2D eigenvalue weighted by Crippen LogP contribution is 2.21. The molecule has 2 aromatic heterocycles. The highest BCUT2D eigenvalue weighted by molar-refractivity contribution is 5.80. The number of hydrogen-bond donors (Lipinski definition) is 3. The van der Waals surface area contributed by atoms with E-state index < -0.39 is 5.82 Å². The van der Waals surface area contributed by atoms with Crippen LogP contribution in [0, 0.1) is 5.82 Å². The van der Waals surface area contributed by atoms with Crippen molar-refractivity contribution < 1.29 is 13.5 Å². The highest BCUT2D eigenvalue weighted by atomic mass is 19.1. The minimum Gasteiger partial charge on any atom is -0.494 e. The van der Waals surface area contributed by atoms with Crippen LogP contribution in [0.5, 0.6) is 5.75 Å². The summed E-state index contributed by atoms with van der Waals surface area (Å²) >= 11 is 0. The van der Waals surface area contributed by atoms with E-state index >= 15 is 0 Å². The van der Waals surface area contributed by atoms with Crippen LogP contribution in [-0.2, 0) is 6.42 Å². The van der Waals surface area contributed by atoms with Crippen LogP contribution in [0.25, 0.3) is 11.6 Å². The fourth-order valence-corrected chi connectivity index (χ4v) is 2.66. The zero-order valence-corrected chi connectivity index (χ0v) is 16.0. The van der Waals surface area contributed by atoms with E-state index in [1.165, 1.54) is 13.2 Å². The van der Waals surface area contributed by atoms with E-state index in [-0.39, 0.29) is 11.8 Å². The quantitative estimate of drug-likeness (QED) is 0.426. The SMILES string of the molecule is CN=C(NCCc1nc(-c2ccco2)n[nH]1)NC(C)c1ccc(OC)c(F)c1. The van der Waals surface area contributed by atoms with Gasteiger partial charge < -0.3 is 19.8 Å². The summed E-state index contributed by atoms with van der Waals surface area (Å²) in [4.78, 5) is 8.60. The van der Waals surface area contributed by atoms with Crippen LogP contribution in [0.15, 0.2) is 46.0 Å². The second kappa shape index (κ2) is 9.03. The number of aliphatic imine (C=N–C) groups is 1. The van der Waals surface area contributed by atoms with Crippen molar-refractivity contribution in [3.05, 3.63) is 53.8 Å². The first kappa shape index (κ1) is 19.4. The first-order chi connectivity index (χ1) is 13.6. The number of aromatic nitrogens is 3. The average Bonchev–Trinajstić information content (AvgIpc) is 3.38. The number of hydrogen-bond acceptors (Lipinski definition) is 5. The van der Waals surface area contributed by atoms with Gasteiger partial charge in [-0.05, 0) is 36.8 Å². The Labute approximate surface area is 162 Å². The fourth-order valence-electron chi connectivity index (χ4n) is 2.66. The van der Waals surface area contributed by atoms with Crippen LogP contribution in [0.1, 0.15) is 24.4 Å². The average molecular weight is 386 g/mol. The summed E-state index contributed by atoms with van der Waals surface area (Å²) in [5.41, 5.74) is 0.791. The Kier molecular flexibility index (Phi) is 6.25. The fraction of sp³-hybridized carbons (Fsp3) is 0.316. The number of H-pyrrole nitrogens is 1. The minimum atomic E-state index is -0.394. The van der Waals surface area contributed by atoms with E-state index in [4.69, 9.17) is 9.15 Å². The number of methoxy groups -OCH3 is 1. The lowest BCUT2D eigenvalue weighted by Crippen LogP contribution is -2.39. The van der Waals surface area contributed by atoms with E-state index in [0.717, 1.165) is 11.4 Å². The van der Waals surface area contributed by atoms with Crippen LogP contribution in [-0.4, -0.2) is 41.8 Å². The molecule has 1 atom stereocenters. The molecule has 0 amide bonds. The molecule has 0 aliphatic heterocycles. The molecule has 3 rings (SSSR count). The van der Waals surface area contributed by atoms with Crippen molar-refractivity contribution in [3.63, 3.8) is 0 Å². The Bertz CT molecular complexity index is 922. The lowest BCUT2D eigenvalue weighted by Gasteiger charge is -2.18. The summed E-state index contributed by atoms with van der Waals surface area (Å²) in [6.45, 7) is 2.52. The summed E-state index contributed by atoms with van der Waals surface area (Å²) < 4.78 is 24.1. The van der Waals surface area contributed by atoms with E-state index in [1.807, 2.05) is 13.0 Å². The van der Waals surface area contributed by atoms with Gasteiger partial charge in [-0.25, -0.2) is 9.37 Å². The summed E-state index contributed by atoms with van der Waals surface area (Å²) in [5, 5.41) is 13.5. The van der Waals surface area contributed by atoms with E-state index in [2.05, 4.69) is 30.8 Å². The number of guanidine groups is 1. The Hall–Kier alpha value is -3.36. The largest absolute Gasteiger partial charge is 0.494 e. The smallest absolute Gasteiger partial charge is 0.216 e. The summed E-state index contributed by atoms with van der Waals surface area (Å²) in [7, 11) is 3.12. The molecule has 0 saturated heterocycles. The molecule has 0 bridgehead atoms. The molecule has 0 saturated carbocycles. The van der Waals surface area contributed by atoms with Gasteiger partial charge in [-0.1, -0.05) is 6.07 Å². The van der Waals surface area contributed by atoms with Crippen molar-refractivity contribution in [1.82, 2.24) is 25.8 Å². The second-order valence-corrected chi connectivity index (χ2v) is 6.09. The predicted molar refractivity (Wildman–Crippen MR) is 104 cm³/mol. The third-order valence-electron chi connectivity index (χ3n) is 4.18. The van der Waals surface area contributed by atoms with E-state index in [1.54, 1.807) is 31.5 Å². The van der Waals surface area contributed by atoms with Crippen molar-refractivity contribution in [2.45, 2.75) is 19.4 Å². The second-order valence-electron chi connectivity index (χ2n) is 6.09. The van der Waals surface area contributed by atoms with Crippen molar-refractivity contribution in [3.8, 4) is 17.3 Å². The molecule has 148 valence electrons. The van der Waals surface area contributed by atoms with Gasteiger partial charge in [0.25, 0.3) is 0 Å². The van der Waals surface area contributed by atoms with Gasteiger partial charge in [-0.3, -0.25) is 10.1 Å². The Morgan fingerprint density at radius 2 is 2.25 bits per heavy atom. The van der Waals surface area contributed by atoms with Gasteiger partial charge in [0.15, 0.2) is 23.3 Å². The molecule has 0 spiro atoms. The standard InChI is InChI=1S/C19H23FN6O2/c1-12(13-6-7-15(27-3)14(20)11-13)23-19(21-2)22-9-8-17-24-18(26-25-17)16-5-4-10-28-16/h4-7,10-12H,8-9H2,1-3H3,(H2,21,22,23)(H,24,25,26). The monoisotopic (exact) mass is 386 g/mol. The Morgan fingerprint density at radius 3 is 2.93 bits per heavy atom. The molecule has 3 N–H and O–H groups in total. The molecule has 2 heterocycles. The van der Waals surface area contributed by atoms with Crippen LogP contribution in [0.4, 0.5) is 4.39 Å². The molecule has 28 heavy (non-hydrogen) atoms. The van der Waals surface area contributed by atoms with Gasteiger partial charge in [-0.2, -0.15) is 5.10 Å².